The predicted octanol–water partition coefficient (Wildman–Crippen LogP) is 2.98. The number of rotatable bonds is 7. The highest BCUT2D eigenvalue weighted by Gasteiger charge is 2.13. The van der Waals surface area contributed by atoms with Crippen molar-refractivity contribution in [1.82, 2.24) is 0 Å². The maximum atomic E-state index is 11.6. The van der Waals surface area contributed by atoms with Gasteiger partial charge in [-0.15, -0.1) is 0 Å². The normalized spacial score (nSPS) is 11.8. The Morgan fingerprint density at radius 3 is 2.63 bits per heavy atom. The summed E-state index contributed by atoms with van der Waals surface area (Å²) >= 11 is 0. The fraction of sp³-hybridized carbons (Fsp3) is 0.533. The minimum atomic E-state index is -0.248. The second kappa shape index (κ2) is 7.67. The zero-order chi connectivity index (χ0) is 14.3. The van der Waals surface area contributed by atoms with Crippen LogP contribution in [-0.4, -0.2) is 25.8 Å². The van der Waals surface area contributed by atoms with Crippen molar-refractivity contribution in [3.63, 3.8) is 0 Å². The van der Waals surface area contributed by atoms with Gasteiger partial charge in [0.25, 0.3) is 0 Å². The first-order valence-corrected chi connectivity index (χ1v) is 6.59. The highest BCUT2D eigenvalue weighted by Crippen LogP contribution is 2.27. The fourth-order valence-corrected chi connectivity index (χ4v) is 1.59. The van der Waals surface area contributed by atoms with Gasteiger partial charge in [-0.25, -0.2) is 0 Å². The fourth-order valence-electron chi connectivity index (χ4n) is 1.59. The standard InChI is InChI=1S/C15H22O4/c1-5-11(3)19-14-10-13(17-4)8-7-12(14)9-15(16)18-6-2/h7-8,10-11H,5-6,9H2,1-4H3. The molecule has 0 spiro atoms. The first kappa shape index (κ1) is 15.3. The van der Waals surface area contributed by atoms with E-state index < -0.39 is 0 Å². The van der Waals surface area contributed by atoms with Crippen molar-refractivity contribution in [3.8, 4) is 11.5 Å². The van der Waals surface area contributed by atoms with Gasteiger partial charge < -0.3 is 14.2 Å². The van der Waals surface area contributed by atoms with Gasteiger partial charge >= 0.3 is 5.97 Å². The molecule has 0 saturated heterocycles. The average Bonchev–Trinajstić information content (AvgIpc) is 2.40. The summed E-state index contributed by atoms with van der Waals surface area (Å²) in [5.41, 5.74) is 0.819. The summed E-state index contributed by atoms with van der Waals surface area (Å²) in [7, 11) is 1.60. The molecule has 1 rings (SSSR count). The van der Waals surface area contributed by atoms with Crippen LogP contribution in [0.15, 0.2) is 18.2 Å². The van der Waals surface area contributed by atoms with Crippen LogP contribution in [0, 0.1) is 0 Å². The molecule has 1 unspecified atom stereocenters. The molecule has 0 aliphatic heterocycles. The summed E-state index contributed by atoms with van der Waals surface area (Å²) in [6.07, 6.45) is 1.20. The number of methoxy groups -OCH3 is 1. The van der Waals surface area contributed by atoms with Gasteiger partial charge in [-0.1, -0.05) is 13.0 Å². The maximum Gasteiger partial charge on any atom is 0.310 e. The van der Waals surface area contributed by atoms with Crippen LogP contribution in [0.25, 0.3) is 0 Å². The molecule has 0 radical (unpaired) electrons. The van der Waals surface area contributed by atoms with E-state index in [1.54, 1.807) is 20.1 Å². The molecule has 0 saturated carbocycles. The zero-order valence-corrected chi connectivity index (χ0v) is 12.1. The van der Waals surface area contributed by atoms with Crippen LogP contribution in [0.5, 0.6) is 11.5 Å². The van der Waals surface area contributed by atoms with Crippen LogP contribution in [0.1, 0.15) is 32.8 Å². The molecule has 0 aromatic heterocycles. The quantitative estimate of drug-likeness (QED) is 0.712. The van der Waals surface area contributed by atoms with Gasteiger partial charge in [0, 0.05) is 11.6 Å². The molecule has 0 heterocycles. The number of hydrogen-bond acceptors (Lipinski definition) is 4. The molecular weight excluding hydrogens is 244 g/mol. The number of hydrogen-bond donors (Lipinski definition) is 0. The van der Waals surface area contributed by atoms with E-state index >= 15 is 0 Å². The average molecular weight is 266 g/mol. The van der Waals surface area contributed by atoms with E-state index in [0.717, 1.165) is 12.0 Å². The van der Waals surface area contributed by atoms with E-state index in [1.807, 2.05) is 19.1 Å². The molecular formula is C15H22O4. The van der Waals surface area contributed by atoms with Gasteiger partial charge in [0.05, 0.1) is 26.2 Å². The molecule has 0 bridgehead atoms. The minimum absolute atomic E-state index is 0.0908. The summed E-state index contributed by atoms with van der Waals surface area (Å²) in [4.78, 5) is 11.6. The van der Waals surface area contributed by atoms with Crippen molar-refractivity contribution >= 4 is 5.97 Å². The van der Waals surface area contributed by atoms with E-state index in [2.05, 4.69) is 6.92 Å². The Labute approximate surface area is 114 Å². The summed E-state index contributed by atoms with van der Waals surface area (Å²) in [5, 5.41) is 0. The summed E-state index contributed by atoms with van der Waals surface area (Å²) in [5.74, 6) is 1.15. The SMILES string of the molecule is CCOC(=O)Cc1ccc(OC)cc1OC(C)CC. The molecule has 0 aliphatic rings. The Morgan fingerprint density at radius 2 is 2.05 bits per heavy atom. The Kier molecular flexibility index (Phi) is 6.19. The third kappa shape index (κ3) is 4.81. The first-order valence-electron chi connectivity index (χ1n) is 6.59. The second-order valence-corrected chi connectivity index (χ2v) is 4.29. The highest BCUT2D eigenvalue weighted by atomic mass is 16.5. The molecule has 0 aliphatic carbocycles. The van der Waals surface area contributed by atoms with Crippen LogP contribution < -0.4 is 9.47 Å². The van der Waals surface area contributed by atoms with Gasteiger partial charge in [0.15, 0.2) is 0 Å². The van der Waals surface area contributed by atoms with Crippen molar-refractivity contribution in [3.05, 3.63) is 23.8 Å². The van der Waals surface area contributed by atoms with Gasteiger partial charge in [-0.05, 0) is 26.3 Å². The lowest BCUT2D eigenvalue weighted by molar-refractivity contribution is -0.142. The third-order valence-corrected chi connectivity index (χ3v) is 2.82. The molecule has 1 aromatic rings. The smallest absolute Gasteiger partial charge is 0.310 e. The zero-order valence-electron chi connectivity index (χ0n) is 12.1. The van der Waals surface area contributed by atoms with Gasteiger partial charge in [-0.3, -0.25) is 4.79 Å². The van der Waals surface area contributed by atoms with Crippen molar-refractivity contribution in [2.45, 2.75) is 39.7 Å². The topological polar surface area (TPSA) is 44.8 Å². The molecule has 1 aromatic carbocycles. The molecule has 1 atom stereocenters. The Balaban J connectivity index is 2.91. The van der Waals surface area contributed by atoms with Gasteiger partial charge in [-0.2, -0.15) is 0 Å². The van der Waals surface area contributed by atoms with Crippen molar-refractivity contribution in [2.24, 2.45) is 0 Å². The Bertz CT molecular complexity index is 415. The molecule has 0 fully saturated rings. The first-order chi connectivity index (χ1) is 9.10. The van der Waals surface area contributed by atoms with Crippen LogP contribution in [0.3, 0.4) is 0 Å². The summed E-state index contributed by atoms with van der Waals surface area (Å²) < 4.78 is 16.0. The minimum Gasteiger partial charge on any atom is -0.497 e. The number of benzene rings is 1. The molecule has 4 heteroatoms. The van der Waals surface area contributed by atoms with Crippen LogP contribution >= 0.6 is 0 Å². The highest BCUT2D eigenvalue weighted by molar-refractivity contribution is 5.73. The lowest BCUT2D eigenvalue weighted by atomic mass is 10.1. The van der Waals surface area contributed by atoms with Gasteiger partial charge in [0.2, 0.25) is 0 Å². The van der Waals surface area contributed by atoms with E-state index in [4.69, 9.17) is 14.2 Å². The largest absolute Gasteiger partial charge is 0.497 e. The molecule has 0 N–H and O–H groups in total. The Morgan fingerprint density at radius 1 is 1.32 bits per heavy atom. The van der Waals surface area contributed by atoms with Gasteiger partial charge in [0.1, 0.15) is 11.5 Å². The Hall–Kier alpha value is -1.71. The van der Waals surface area contributed by atoms with E-state index in [1.165, 1.54) is 0 Å². The maximum absolute atomic E-state index is 11.6. The second-order valence-electron chi connectivity index (χ2n) is 4.29. The van der Waals surface area contributed by atoms with E-state index in [-0.39, 0.29) is 18.5 Å². The molecule has 4 nitrogen and oxygen atoms in total. The van der Waals surface area contributed by atoms with E-state index in [9.17, 15) is 4.79 Å². The van der Waals surface area contributed by atoms with Crippen molar-refractivity contribution in [1.29, 1.82) is 0 Å². The monoisotopic (exact) mass is 266 g/mol. The van der Waals surface area contributed by atoms with Crippen LogP contribution in [-0.2, 0) is 16.0 Å². The molecule has 19 heavy (non-hydrogen) atoms. The summed E-state index contributed by atoms with van der Waals surface area (Å²) in [6, 6.07) is 5.46. The number of carbonyl (C=O) groups excluding carboxylic acids is 1. The van der Waals surface area contributed by atoms with Crippen LogP contribution in [0.4, 0.5) is 0 Å². The lowest BCUT2D eigenvalue weighted by Crippen LogP contribution is -2.13. The number of esters is 1. The summed E-state index contributed by atoms with van der Waals surface area (Å²) in [6.45, 7) is 6.22. The van der Waals surface area contributed by atoms with Crippen molar-refractivity contribution < 1.29 is 19.0 Å². The third-order valence-electron chi connectivity index (χ3n) is 2.82. The lowest BCUT2D eigenvalue weighted by Gasteiger charge is -2.17. The van der Waals surface area contributed by atoms with Crippen LogP contribution in [0.2, 0.25) is 0 Å². The van der Waals surface area contributed by atoms with Crippen molar-refractivity contribution in [2.75, 3.05) is 13.7 Å². The number of ether oxygens (including phenoxy) is 3. The molecule has 0 amide bonds. The number of carbonyl (C=O) groups is 1. The predicted molar refractivity (Wildman–Crippen MR) is 73.7 cm³/mol. The molecule has 106 valence electrons. The van der Waals surface area contributed by atoms with E-state index in [0.29, 0.717) is 18.1 Å².